The second kappa shape index (κ2) is 11.1. The van der Waals surface area contributed by atoms with Crippen molar-refractivity contribution in [2.45, 2.75) is 96.8 Å². The summed E-state index contributed by atoms with van der Waals surface area (Å²) in [6.07, 6.45) is 12.2. The average Bonchev–Trinajstić information content (AvgIpc) is 2.55. The van der Waals surface area contributed by atoms with Crippen LogP contribution in [0.2, 0.25) is 18.1 Å². The van der Waals surface area contributed by atoms with Crippen LogP contribution in [0.4, 0.5) is 0 Å². The van der Waals surface area contributed by atoms with Crippen LogP contribution >= 0.6 is 0 Å². The Hall–Kier alpha value is -0.713. The van der Waals surface area contributed by atoms with E-state index in [4.69, 9.17) is 10.2 Å². The van der Waals surface area contributed by atoms with Crippen molar-refractivity contribution < 1.29 is 4.43 Å². The Morgan fingerprint density at radius 1 is 1.00 bits per heavy atom. The van der Waals surface area contributed by atoms with Gasteiger partial charge in [0.25, 0.3) is 0 Å². The number of nitrogens with two attached hydrogens (primary N) is 1. The van der Waals surface area contributed by atoms with Crippen LogP contribution in [0.3, 0.4) is 0 Å². The zero-order valence-corrected chi connectivity index (χ0v) is 18.2. The quantitative estimate of drug-likeness (QED) is 0.374. The van der Waals surface area contributed by atoms with Gasteiger partial charge >= 0.3 is 0 Å². The normalized spacial score (nSPS) is 12.6. The van der Waals surface area contributed by atoms with Crippen molar-refractivity contribution in [3.8, 4) is 0 Å². The van der Waals surface area contributed by atoms with Gasteiger partial charge in [-0.05, 0) is 55.1 Å². The van der Waals surface area contributed by atoms with Crippen molar-refractivity contribution in [2.24, 2.45) is 5.73 Å². The summed E-state index contributed by atoms with van der Waals surface area (Å²) in [5.41, 5.74) is 8.01. The van der Waals surface area contributed by atoms with Crippen LogP contribution in [0, 0.1) is 0 Å². The lowest BCUT2D eigenvalue weighted by Gasteiger charge is -2.36. The predicted molar refractivity (Wildman–Crippen MR) is 111 cm³/mol. The standard InChI is InChI=1S/C21H40N2OSi/c1-21(2,3)25(4,5)24-16-12-10-8-6-7-9-11-13-19-14-15-23-20(17-19)18-22/h14-15,17H,6-13,16,18,22H2,1-5H3. The minimum Gasteiger partial charge on any atom is -0.417 e. The van der Waals surface area contributed by atoms with E-state index in [1.54, 1.807) is 0 Å². The molecule has 3 nitrogen and oxygen atoms in total. The van der Waals surface area contributed by atoms with Gasteiger partial charge in [-0.15, -0.1) is 0 Å². The van der Waals surface area contributed by atoms with E-state index in [9.17, 15) is 0 Å². The van der Waals surface area contributed by atoms with Crippen molar-refractivity contribution in [3.63, 3.8) is 0 Å². The summed E-state index contributed by atoms with van der Waals surface area (Å²) in [4.78, 5) is 4.25. The van der Waals surface area contributed by atoms with Crippen LogP contribution in [-0.4, -0.2) is 19.9 Å². The predicted octanol–water partition coefficient (Wildman–Crippen LogP) is 5.84. The van der Waals surface area contributed by atoms with Crippen LogP contribution in [-0.2, 0) is 17.4 Å². The van der Waals surface area contributed by atoms with Crippen LogP contribution < -0.4 is 5.73 Å². The zero-order chi connectivity index (χ0) is 18.8. The van der Waals surface area contributed by atoms with E-state index in [2.05, 4.69) is 51.0 Å². The SMILES string of the molecule is CC(C)(C)[Si](C)(C)OCCCCCCCCCc1ccnc(CN)c1. The van der Waals surface area contributed by atoms with E-state index in [0.717, 1.165) is 18.7 Å². The average molecular weight is 365 g/mol. The Balaban J connectivity index is 1.99. The van der Waals surface area contributed by atoms with Gasteiger partial charge in [0.15, 0.2) is 8.32 Å². The molecule has 0 aliphatic heterocycles. The maximum absolute atomic E-state index is 6.23. The molecule has 0 amide bonds. The van der Waals surface area contributed by atoms with Crippen molar-refractivity contribution in [1.29, 1.82) is 0 Å². The van der Waals surface area contributed by atoms with Gasteiger partial charge in [0, 0.05) is 19.3 Å². The highest BCUT2D eigenvalue weighted by Gasteiger charge is 2.36. The van der Waals surface area contributed by atoms with Crippen molar-refractivity contribution in [2.75, 3.05) is 6.61 Å². The summed E-state index contributed by atoms with van der Waals surface area (Å²) >= 11 is 0. The fourth-order valence-electron chi connectivity index (χ4n) is 2.65. The topological polar surface area (TPSA) is 48.1 Å². The molecule has 144 valence electrons. The summed E-state index contributed by atoms with van der Waals surface area (Å²) in [6, 6.07) is 4.25. The Morgan fingerprint density at radius 2 is 1.60 bits per heavy atom. The molecule has 0 fully saturated rings. The number of unbranched alkanes of at least 4 members (excludes halogenated alkanes) is 6. The number of rotatable bonds is 12. The molecule has 0 radical (unpaired) electrons. The van der Waals surface area contributed by atoms with E-state index < -0.39 is 8.32 Å². The molecule has 1 aromatic rings. The third-order valence-electron chi connectivity index (χ3n) is 5.47. The number of nitrogens with zero attached hydrogens (tertiary/aromatic N) is 1. The number of hydrogen-bond acceptors (Lipinski definition) is 3. The van der Waals surface area contributed by atoms with E-state index >= 15 is 0 Å². The molecule has 2 N–H and O–H groups in total. The molecule has 0 saturated heterocycles. The van der Waals surface area contributed by atoms with Gasteiger partial charge in [0.2, 0.25) is 0 Å². The van der Waals surface area contributed by atoms with E-state index in [0.29, 0.717) is 11.6 Å². The molecule has 0 bridgehead atoms. The molecular weight excluding hydrogens is 324 g/mol. The molecular formula is C21H40N2OSi. The molecule has 0 unspecified atom stereocenters. The summed E-state index contributed by atoms with van der Waals surface area (Å²) < 4.78 is 6.23. The van der Waals surface area contributed by atoms with Gasteiger partial charge in [-0.1, -0.05) is 52.9 Å². The smallest absolute Gasteiger partial charge is 0.191 e. The first kappa shape index (κ1) is 22.3. The lowest BCUT2D eigenvalue weighted by Crippen LogP contribution is -2.40. The number of aromatic nitrogens is 1. The highest BCUT2D eigenvalue weighted by Crippen LogP contribution is 2.36. The summed E-state index contributed by atoms with van der Waals surface area (Å²) in [5.74, 6) is 0. The molecule has 1 heterocycles. The Labute approximate surface area is 156 Å². The van der Waals surface area contributed by atoms with E-state index in [1.807, 2.05) is 6.20 Å². The molecule has 0 aromatic carbocycles. The Kier molecular flexibility index (Phi) is 9.91. The summed E-state index contributed by atoms with van der Waals surface area (Å²) in [5, 5.41) is 0.326. The van der Waals surface area contributed by atoms with E-state index in [-0.39, 0.29) is 0 Å². The first-order chi connectivity index (χ1) is 11.8. The minimum atomic E-state index is -1.54. The first-order valence-corrected chi connectivity index (χ1v) is 12.9. The maximum Gasteiger partial charge on any atom is 0.191 e. The maximum atomic E-state index is 6.23. The highest BCUT2D eigenvalue weighted by molar-refractivity contribution is 6.74. The van der Waals surface area contributed by atoms with Crippen LogP contribution in [0.5, 0.6) is 0 Å². The van der Waals surface area contributed by atoms with Gasteiger partial charge in [0.1, 0.15) is 0 Å². The second-order valence-corrected chi connectivity index (χ2v) is 13.5. The molecule has 0 aliphatic carbocycles. The second-order valence-electron chi connectivity index (χ2n) is 8.69. The summed E-state index contributed by atoms with van der Waals surface area (Å²) in [7, 11) is -1.54. The molecule has 0 aliphatic rings. The highest BCUT2D eigenvalue weighted by atomic mass is 28.4. The van der Waals surface area contributed by atoms with Crippen LogP contribution in [0.1, 0.15) is 77.0 Å². The third-order valence-corrected chi connectivity index (χ3v) is 10.0. The number of aryl methyl sites for hydroxylation is 1. The fraction of sp³-hybridized carbons (Fsp3) is 0.762. The van der Waals surface area contributed by atoms with E-state index in [1.165, 1.54) is 50.5 Å². The monoisotopic (exact) mass is 364 g/mol. The minimum absolute atomic E-state index is 0.326. The molecule has 0 spiro atoms. The number of pyridine rings is 1. The third kappa shape index (κ3) is 8.98. The fourth-order valence-corrected chi connectivity index (χ4v) is 3.74. The largest absolute Gasteiger partial charge is 0.417 e. The number of hydrogen-bond donors (Lipinski definition) is 1. The van der Waals surface area contributed by atoms with Gasteiger partial charge in [0.05, 0.1) is 5.69 Å². The lowest BCUT2D eigenvalue weighted by atomic mass is 10.0. The summed E-state index contributed by atoms with van der Waals surface area (Å²) in [6.45, 7) is 13.1. The van der Waals surface area contributed by atoms with Gasteiger partial charge in [-0.3, -0.25) is 4.98 Å². The van der Waals surface area contributed by atoms with Gasteiger partial charge in [-0.2, -0.15) is 0 Å². The molecule has 1 rings (SSSR count). The van der Waals surface area contributed by atoms with Crippen molar-refractivity contribution in [1.82, 2.24) is 4.98 Å². The zero-order valence-electron chi connectivity index (χ0n) is 17.2. The molecule has 0 saturated carbocycles. The van der Waals surface area contributed by atoms with Gasteiger partial charge < -0.3 is 10.2 Å². The van der Waals surface area contributed by atoms with Gasteiger partial charge in [-0.25, -0.2) is 0 Å². The molecule has 4 heteroatoms. The van der Waals surface area contributed by atoms with Crippen LogP contribution in [0.25, 0.3) is 0 Å². The van der Waals surface area contributed by atoms with Crippen molar-refractivity contribution >= 4 is 8.32 Å². The molecule has 1 aromatic heterocycles. The Morgan fingerprint density at radius 3 is 2.20 bits per heavy atom. The van der Waals surface area contributed by atoms with Crippen molar-refractivity contribution in [3.05, 3.63) is 29.6 Å². The first-order valence-electron chi connectivity index (χ1n) is 10.0. The lowest BCUT2D eigenvalue weighted by molar-refractivity contribution is 0.277. The molecule has 25 heavy (non-hydrogen) atoms. The van der Waals surface area contributed by atoms with Crippen LogP contribution in [0.15, 0.2) is 18.3 Å². The molecule has 0 atom stereocenters. The Bertz CT molecular complexity index is 483.